The summed E-state index contributed by atoms with van der Waals surface area (Å²) in [7, 11) is 3.08. The number of benzene rings is 2. The Labute approximate surface area is 198 Å². The first-order valence-electron chi connectivity index (χ1n) is 10.8. The van der Waals surface area contributed by atoms with Gasteiger partial charge in [-0.05, 0) is 60.4 Å². The van der Waals surface area contributed by atoms with Crippen LogP contribution in [0.2, 0.25) is 0 Å². The summed E-state index contributed by atoms with van der Waals surface area (Å²) in [6, 6.07) is 13.6. The number of hydrogen-bond acceptors (Lipinski definition) is 6. The number of ether oxygens (including phenoxy) is 2. The van der Waals surface area contributed by atoms with E-state index in [0.717, 1.165) is 16.7 Å². The first kappa shape index (κ1) is 23.0. The molecule has 1 saturated heterocycles. The van der Waals surface area contributed by atoms with E-state index >= 15 is 0 Å². The fourth-order valence-corrected chi connectivity index (χ4v) is 4.41. The Bertz CT molecular complexity index is 1270. The van der Waals surface area contributed by atoms with E-state index in [1.165, 1.54) is 12.0 Å². The quantitative estimate of drug-likeness (QED) is 0.336. The first-order valence-corrected chi connectivity index (χ1v) is 10.8. The minimum absolute atomic E-state index is 0.0161. The number of aromatic nitrogens is 1. The molecule has 3 aromatic rings. The normalized spacial score (nSPS) is 17.2. The number of pyridine rings is 1. The number of methoxy groups -OCH3 is 2. The predicted molar refractivity (Wildman–Crippen MR) is 128 cm³/mol. The number of nitrogens with zero attached hydrogens (tertiary/aromatic N) is 2. The van der Waals surface area contributed by atoms with Crippen molar-refractivity contribution in [2.75, 3.05) is 14.2 Å². The van der Waals surface area contributed by atoms with Crippen LogP contribution in [0.25, 0.3) is 5.76 Å². The van der Waals surface area contributed by atoms with Gasteiger partial charge in [-0.3, -0.25) is 14.6 Å². The van der Waals surface area contributed by atoms with Crippen LogP contribution in [0.5, 0.6) is 11.5 Å². The second kappa shape index (κ2) is 9.39. The smallest absolute Gasteiger partial charge is 0.295 e. The molecule has 1 unspecified atom stereocenters. The molecule has 2 aromatic carbocycles. The lowest BCUT2D eigenvalue weighted by Crippen LogP contribution is -2.29. The van der Waals surface area contributed by atoms with E-state index in [4.69, 9.17) is 9.47 Å². The average molecular weight is 459 g/mol. The van der Waals surface area contributed by atoms with Crippen LogP contribution >= 0.6 is 0 Å². The molecule has 1 amide bonds. The Morgan fingerprint density at radius 2 is 1.79 bits per heavy atom. The lowest BCUT2D eigenvalue weighted by Gasteiger charge is -2.25. The largest absolute Gasteiger partial charge is 0.507 e. The molecule has 0 radical (unpaired) electrons. The minimum Gasteiger partial charge on any atom is -0.507 e. The first-order chi connectivity index (χ1) is 16.3. The molecule has 4 rings (SSSR count). The third-order valence-electron chi connectivity index (χ3n) is 5.93. The second-order valence-corrected chi connectivity index (χ2v) is 8.22. The molecule has 1 fully saturated rings. The average Bonchev–Trinajstić information content (AvgIpc) is 3.08. The zero-order valence-electron chi connectivity index (χ0n) is 19.5. The van der Waals surface area contributed by atoms with Gasteiger partial charge in [0.1, 0.15) is 17.3 Å². The molecule has 1 aromatic heterocycles. The van der Waals surface area contributed by atoms with Gasteiger partial charge in [-0.1, -0.05) is 24.3 Å². The zero-order chi connectivity index (χ0) is 24.4. The SMILES string of the molecule is COc1ccc(C2/C(=C(\O)c3cc(C)cc(C)c3OC)C(=O)C(=O)N2Cc2cccnc2)cc1. The number of aliphatic hydroxyl groups excluding tert-OH is 1. The van der Waals surface area contributed by atoms with E-state index in [1.54, 1.807) is 55.9 Å². The summed E-state index contributed by atoms with van der Waals surface area (Å²) in [6.07, 6.45) is 3.29. The van der Waals surface area contributed by atoms with Gasteiger partial charge in [-0.15, -0.1) is 0 Å². The van der Waals surface area contributed by atoms with Crippen LogP contribution in [-0.2, 0) is 16.1 Å². The van der Waals surface area contributed by atoms with Gasteiger partial charge in [0.2, 0.25) is 0 Å². The highest BCUT2D eigenvalue weighted by atomic mass is 16.5. The van der Waals surface area contributed by atoms with E-state index in [9.17, 15) is 14.7 Å². The van der Waals surface area contributed by atoms with Gasteiger partial charge in [0.25, 0.3) is 11.7 Å². The predicted octanol–water partition coefficient (Wildman–Crippen LogP) is 4.34. The third kappa shape index (κ3) is 4.12. The van der Waals surface area contributed by atoms with Crippen molar-refractivity contribution in [1.29, 1.82) is 0 Å². The van der Waals surface area contributed by atoms with Crippen LogP contribution in [0.15, 0.2) is 66.5 Å². The van der Waals surface area contributed by atoms with E-state index < -0.39 is 17.7 Å². The van der Waals surface area contributed by atoms with E-state index in [-0.39, 0.29) is 17.9 Å². The van der Waals surface area contributed by atoms with Crippen molar-refractivity contribution in [3.63, 3.8) is 0 Å². The Balaban J connectivity index is 1.92. The van der Waals surface area contributed by atoms with Crippen molar-refractivity contribution in [3.05, 3.63) is 94.3 Å². The van der Waals surface area contributed by atoms with Crippen molar-refractivity contribution in [1.82, 2.24) is 9.88 Å². The number of amides is 1. The van der Waals surface area contributed by atoms with Gasteiger partial charge in [0.05, 0.1) is 31.4 Å². The van der Waals surface area contributed by atoms with E-state index in [1.807, 2.05) is 26.0 Å². The standard InChI is InChI=1S/C27H26N2O5/c1-16-12-17(2)26(34-4)21(13-16)24(30)22-23(19-7-9-20(33-3)10-8-19)29(27(32)25(22)31)15-18-6-5-11-28-14-18/h5-14,23,30H,15H2,1-4H3/b24-22+. The van der Waals surface area contributed by atoms with Crippen LogP contribution in [0.4, 0.5) is 0 Å². The maximum absolute atomic E-state index is 13.3. The van der Waals surface area contributed by atoms with Crippen molar-refractivity contribution in [2.45, 2.75) is 26.4 Å². The van der Waals surface area contributed by atoms with Gasteiger partial charge in [0, 0.05) is 18.9 Å². The van der Waals surface area contributed by atoms with E-state index in [2.05, 4.69) is 4.98 Å². The van der Waals surface area contributed by atoms with Crippen molar-refractivity contribution < 1.29 is 24.2 Å². The number of likely N-dealkylation sites (tertiary alicyclic amines) is 1. The van der Waals surface area contributed by atoms with Crippen LogP contribution in [0.1, 0.15) is 33.9 Å². The molecule has 34 heavy (non-hydrogen) atoms. The van der Waals surface area contributed by atoms with Gasteiger partial charge in [-0.25, -0.2) is 0 Å². The fraction of sp³-hybridized carbons (Fsp3) is 0.222. The molecule has 2 heterocycles. The Hall–Kier alpha value is -4.13. The number of carbonyl (C=O) groups excluding carboxylic acids is 2. The maximum Gasteiger partial charge on any atom is 0.295 e. The summed E-state index contributed by atoms with van der Waals surface area (Å²) < 4.78 is 10.8. The van der Waals surface area contributed by atoms with E-state index in [0.29, 0.717) is 22.6 Å². The molecule has 1 aliphatic heterocycles. The molecule has 0 bridgehead atoms. The van der Waals surface area contributed by atoms with Gasteiger partial charge >= 0.3 is 0 Å². The van der Waals surface area contributed by atoms with Crippen LogP contribution < -0.4 is 9.47 Å². The Kier molecular flexibility index (Phi) is 6.36. The number of Topliss-reactive ketones (excluding diaryl/α,β-unsaturated/α-hetero) is 1. The molecule has 1 aliphatic rings. The number of rotatable bonds is 6. The molecule has 7 heteroatoms. The summed E-state index contributed by atoms with van der Waals surface area (Å²) >= 11 is 0. The molecular weight excluding hydrogens is 432 g/mol. The molecule has 174 valence electrons. The van der Waals surface area contributed by atoms with Gasteiger partial charge in [-0.2, -0.15) is 0 Å². The summed E-state index contributed by atoms with van der Waals surface area (Å²) in [5.74, 6) is -0.603. The van der Waals surface area contributed by atoms with Crippen LogP contribution in [0.3, 0.4) is 0 Å². The van der Waals surface area contributed by atoms with Crippen molar-refractivity contribution in [3.8, 4) is 11.5 Å². The molecule has 7 nitrogen and oxygen atoms in total. The number of ketones is 1. The Morgan fingerprint density at radius 3 is 2.41 bits per heavy atom. The monoisotopic (exact) mass is 458 g/mol. The summed E-state index contributed by atoms with van der Waals surface area (Å²) in [6.45, 7) is 3.92. The molecule has 0 saturated carbocycles. The number of hydrogen-bond donors (Lipinski definition) is 1. The number of carbonyl (C=O) groups is 2. The second-order valence-electron chi connectivity index (χ2n) is 8.22. The molecular formula is C27H26N2O5. The molecule has 1 N–H and O–H groups in total. The van der Waals surface area contributed by atoms with Gasteiger partial charge in [0.15, 0.2) is 0 Å². The molecule has 1 atom stereocenters. The van der Waals surface area contributed by atoms with Gasteiger partial charge < -0.3 is 19.5 Å². The topological polar surface area (TPSA) is 89.0 Å². The molecule has 0 aliphatic carbocycles. The summed E-state index contributed by atoms with van der Waals surface area (Å²) in [4.78, 5) is 32.1. The number of aliphatic hydroxyl groups is 1. The lowest BCUT2D eigenvalue weighted by molar-refractivity contribution is -0.140. The number of aryl methyl sites for hydroxylation is 2. The summed E-state index contributed by atoms with van der Waals surface area (Å²) in [5.41, 5.74) is 3.54. The van der Waals surface area contributed by atoms with Crippen LogP contribution in [0, 0.1) is 13.8 Å². The fourth-order valence-electron chi connectivity index (χ4n) is 4.41. The zero-order valence-corrected chi connectivity index (χ0v) is 19.5. The Morgan fingerprint density at radius 1 is 1.06 bits per heavy atom. The molecule has 0 spiro atoms. The van der Waals surface area contributed by atoms with Crippen LogP contribution in [-0.4, -0.2) is 40.9 Å². The van der Waals surface area contributed by atoms with Crippen molar-refractivity contribution in [2.24, 2.45) is 0 Å². The third-order valence-corrected chi connectivity index (χ3v) is 5.93. The highest BCUT2D eigenvalue weighted by molar-refractivity contribution is 6.46. The highest BCUT2D eigenvalue weighted by Crippen LogP contribution is 2.42. The maximum atomic E-state index is 13.3. The lowest BCUT2D eigenvalue weighted by atomic mass is 9.93. The highest BCUT2D eigenvalue weighted by Gasteiger charge is 2.46. The van der Waals surface area contributed by atoms with Crippen molar-refractivity contribution >= 4 is 17.4 Å². The minimum atomic E-state index is -0.795. The summed E-state index contributed by atoms with van der Waals surface area (Å²) in [5, 5.41) is 11.4.